The second-order valence-electron chi connectivity index (χ2n) is 8.47. The van der Waals surface area contributed by atoms with Crippen molar-refractivity contribution in [3.05, 3.63) is 94.3 Å². The molecule has 1 aliphatic heterocycles. The van der Waals surface area contributed by atoms with E-state index in [1.807, 2.05) is 24.3 Å². The topological polar surface area (TPSA) is 96.0 Å². The van der Waals surface area contributed by atoms with Crippen LogP contribution in [0.25, 0.3) is 11.1 Å². The number of rotatable bonds is 6. The smallest absolute Gasteiger partial charge is 0.338 e. The Morgan fingerprint density at radius 2 is 1.71 bits per heavy atom. The Morgan fingerprint density at radius 1 is 1.00 bits per heavy atom. The van der Waals surface area contributed by atoms with Crippen molar-refractivity contribution in [1.82, 2.24) is 4.90 Å². The Morgan fingerprint density at radius 3 is 2.38 bits per heavy atom. The summed E-state index contributed by atoms with van der Waals surface area (Å²) in [5.41, 5.74) is 10.4. The van der Waals surface area contributed by atoms with Gasteiger partial charge in [0.15, 0.2) is 0 Å². The van der Waals surface area contributed by atoms with E-state index in [1.165, 1.54) is 6.07 Å². The van der Waals surface area contributed by atoms with Gasteiger partial charge in [0, 0.05) is 17.7 Å². The molecular weight excluding hydrogens is 433 g/mol. The van der Waals surface area contributed by atoms with Crippen molar-refractivity contribution >= 4 is 17.7 Å². The van der Waals surface area contributed by atoms with Crippen LogP contribution in [0.4, 0.5) is 4.39 Å². The number of benzene rings is 3. The molecule has 1 fully saturated rings. The second kappa shape index (κ2) is 9.97. The number of hydrogen-bond acceptors (Lipinski definition) is 3. The molecule has 1 heterocycles. The molecule has 0 saturated carbocycles. The normalized spacial score (nSPS) is 14.4. The lowest BCUT2D eigenvalue weighted by atomic mass is 9.94. The van der Waals surface area contributed by atoms with E-state index in [4.69, 9.17) is 10.8 Å². The zero-order chi connectivity index (χ0) is 24.2. The van der Waals surface area contributed by atoms with E-state index in [0.29, 0.717) is 5.56 Å². The van der Waals surface area contributed by atoms with Crippen molar-refractivity contribution in [2.75, 3.05) is 13.1 Å². The number of amidine groups is 1. The number of hydrogen-bond donors (Lipinski definition) is 2. The number of nitrogens with two attached hydrogens (primary N) is 1. The molecule has 3 N–H and O–H groups in total. The molecule has 1 aliphatic rings. The Balaban J connectivity index is 1.67. The number of carbonyl (C=O) groups is 2. The maximum Gasteiger partial charge on any atom is 0.338 e. The van der Waals surface area contributed by atoms with Crippen molar-refractivity contribution < 1.29 is 19.1 Å². The largest absolute Gasteiger partial charge is 0.478 e. The summed E-state index contributed by atoms with van der Waals surface area (Å²) >= 11 is 0. The van der Waals surface area contributed by atoms with E-state index < -0.39 is 23.3 Å². The highest BCUT2D eigenvalue weighted by Crippen LogP contribution is 2.30. The highest BCUT2D eigenvalue weighted by atomic mass is 19.1. The first kappa shape index (κ1) is 23.3. The molecule has 0 aliphatic carbocycles. The lowest BCUT2D eigenvalue weighted by Gasteiger charge is -2.19. The molecule has 7 heteroatoms. The second-order valence-corrected chi connectivity index (χ2v) is 8.47. The first-order chi connectivity index (χ1) is 16.3. The predicted octanol–water partition coefficient (Wildman–Crippen LogP) is 4.64. The monoisotopic (exact) mass is 459 g/mol. The Kier molecular flexibility index (Phi) is 6.84. The minimum Gasteiger partial charge on any atom is -0.478 e. The van der Waals surface area contributed by atoms with Gasteiger partial charge in [-0.3, -0.25) is 9.69 Å². The fourth-order valence-electron chi connectivity index (χ4n) is 4.26. The number of halogens is 1. The van der Waals surface area contributed by atoms with Crippen LogP contribution >= 0.6 is 0 Å². The van der Waals surface area contributed by atoms with Crippen molar-refractivity contribution in [2.45, 2.75) is 26.3 Å². The van der Waals surface area contributed by atoms with Gasteiger partial charge in [0.25, 0.3) is 5.91 Å². The molecule has 1 saturated heterocycles. The summed E-state index contributed by atoms with van der Waals surface area (Å²) in [5.74, 6) is -3.04. The summed E-state index contributed by atoms with van der Waals surface area (Å²) < 4.78 is 14.0. The van der Waals surface area contributed by atoms with Gasteiger partial charge in [0.2, 0.25) is 0 Å². The molecule has 4 rings (SSSR count). The van der Waals surface area contributed by atoms with Crippen LogP contribution in [0.15, 0.2) is 65.7 Å². The fraction of sp³-hybridized carbons (Fsp3) is 0.222. The third-order valence-corrected chi connectivity index (χ3v) is 6.10. The molecule has 0 bridgehead atoms. The molecule has 0 spiro atoms. The fourth-order valence-corrected chi connectivity index (χ4v) is 4.26. The van der Waals surface area contributed by atoms with Crippen LogP contribution in [0, 0.1) is 12.7 Å². The van der Waals surface area contributed by atoms with Crippen LogP contribution < -0.4 is 5.73 Å². The van der Waals surface area contributed by atoms with Gasteiger partial charge in [-0.05, 0) is 79.4 Å². The summed E-state index contributed by atoms with van der Waals surface area (Å²) in [6.45, 7) is 4.84. The van der Waals surface area contributed by atoms with Gasteiger partial charge in [0.1, 0.15) is 11.7 Å². The maximum atomic E-state index is 14.0. The van der Waals surface area contributed by atoms with Crippen molar-refractivity contribution in [1.29, 1.82) is 0 Å². The number of carboxylic acids is 1. The van der Waals surface area contributed by atoms with Crippen LogP contribution in [0.1, 0.15) is 50.2 Å². The summed E-state index contributed by atoms with van der Waals surface area (Å²) in [5, 5.41) is 8.98. The van der Waals surface area contributed by atoms with Gasteiger partial charge in [-0.15, -0.1) is 0 Å². The average Bonchev–Trinajstić information content (AvgIpc) is 3.32. The minimum atomic E-state index is -1.38. The lowest BCUT2D eigenvalue weighted by Crippen LogP contribution is -2.19. The molecule has 1 amide bonds. The molecule has 0 radical (unpaired) electrons. The quantitative estimate of drug-likeness (QED) is 0.414. The number of carboxylic acid groups (broad SMARTS) is 1. The molecule has 6 nitrogen and oxygen atoms in total. The van der Waals surface area contributed by atoms with Crippen LogP contribution in [-0.2, 0) is 6.54 Å². The molecular formula is C27H26FN3O3. The third kappa shape index (κ3) is 5.05. The molecule has 0 atom stereocenters. The summed E-state index contributed by atoms with van der Waals surface area (Å²) in [6, 6.07) is 17.1. The van der Waals surface area contributed by atoms with Crippen LogP contribution in [0.3, 0.4) is 0 Å². The maximum absolute atomic E-state index is 14.0. The SMILES string of the molecule is Cc1ccccc1-c1ccc(C(=O)N=C(N)c2ccc(C(=O)O)c(F)c2)cc1CN1CCCC1. The molecule has 0 unspecified atom stereocenters. The predicted molar refractivity (Wildman–Crippen MR) is 130 cm³/mol. The van der Waals surface area contributed by atoms with Crippen LogP contribution in [-0.4, -0.2) is 40.8 Å². The van der Waals surface area contributed by atoms with E-state index in [0.717, 1.165) is 66.9 Å². The van der Waals surface area contributed by atoms with Gasteiger partial charge < -0.3 is 10.8 Å². The lowest BCUT2D eigenvalue weighted by molar-refractivity contribution is 0.0691. The standard InChI is InChI=1S/C27H26FN3O3/c1-17-6-2-3-7-21(17)22-10-9-19(14-20(22)16-31-12-4-5-13-31)26(32)30-25(29)18-8-11-23(27(33)34)24(28)15-18/h2-3,6-11,14-15H,4-5,12-13,16H2,1H3,(H,33,34)(H2,29,30,32). The van der Waals surface area contributed by atoms with Gasteiger partial charge >= 0.3 is 5.97 Å². The van der Waals surface area contributed by atoms with E-state index in [2.05, 4.69) is 28.9 Å². The highest BCUT2D eigenvalue weighted by molar-refractivity contribution is 6.09. The molecule has 0 aromatic heterocycles. The van der Waals surface area contributed by atoms with Crippen molar-refractivity contribution in [3.63, 3.8) is 0 Å². The van der Waals surface area contributed by atoms with E-state index in [-0.39, 0.29) is 11.4 Å². The number of nitrogens with zero attached hydrogens (tertiary/aromatic N) is 2. The number of amides is 1. The molecule has 34 heavy (non-hydrogen) atoms. The minimum absolute atomic E-state index is 0.143. The molecule has 174 valence electrons. The molecule has 3 aromatic rings. The van der Waals surface area contributed by atoms with Gasteiger partial charge in [-0.25, -0.2) is 9.18 Å². The molecule has 3 aromatic carbocycles. The average molecular weight is 460 g/mol. The van der Waals surface area contributed by atoms with E-state index in [1.54, 1.807) is 6.07 Å². The Labute approximate surface area is 197 Å². The zero-order valence-electron chi connectivity index (χ0n) is 18.9. The van der Waals surface area contributed by atoms with E-state index >= 15 is 0 Å². The Bertz CT molecular complexity index is 1280. The van der Waals surface area contributed by atoms with Crippen LogP contribution in [0.5, 0.6) is 0 Å². The van der Waals surface area contributed by atoms with Crippen molar-refractivity contribution in [2.24, 2.45) is 10.7 Å². The number of aromatic carboxylic acids is 1. The Hall–Kier alpha value is -3.84. The van der Waals surface area contributed by atoms with Crippen LogP contribution in [0.2, 0.25) is 0 Å². The number of aryl methyl sites for hydroxylation is 1. The van der Waals surface area contributed by atoms with Gasteiger partial charge in [-0.1, -0.05) is 36.4 Å². The van der Waals surface area contributed by atoms with Gasteiger partial charge in [0.05, 0.1) is 5.56 Å². The van der Waals surface area contributed by atoms with Gasteiger partial charge in [-0.2, -0.15) is 4.99 Å². The number of likely N-dealkylation sites (tertiary alicyclic amines) is 1. The van der Waals surface area contributed by atoms with E-state index in [9.17, 15) is 14.0 Å². The van der Waals surface area contributed by atoms with Crippen molar-refractivity contribution in [3.8, 4) is 11.1 Å². The summed E-state index contributed by atoms with van der Waals surface area (Å²) in [6.07, 6.45) is 2.33. The summed E-state index contributed by atoms with van der Waals surface area (Å²) in [4.78, 5) is 30.3. The highest BCUT2D eigenvalue weighted by Gasteiger charge is 2.18. The first-order valence-corrected chi connectivity index (χ1v) is 11.2. The zero-order valence-corrected chi connectivity index (χ0v) is 18.9. The number of carbonyl (C=O) groups excluding carboxylic acids is 1. The first-order valence-electron chi connectivity index (χ1n) is 11.2. The number of aliphatic imine (C=N–C) groups is 1. The third-order valence-electron chi connectivity index (χ3n) is 6.10. The summed E-state index contributed by atoms with van der Waals surface area (Å²) in [7, 11) is 0.